The molecule has 18 heavy (non-hydrogen) atoms. The van der Waals surface area contributed by atoms with Crippen molar-refractivity contribution in [1.29, 1.82) is 0 Å². The monoisotopic (exact) mass is 259 g/mol. The quantitative estimate of drug-likeness (QED) is 0.857. The number of hydrogen-bond acceptors (Lipinski definition) is 3. The minimum Gasteiger partial charge on any atom is -0.365 e. The van der Waals surface area contributed by atoms with Crippen molar-refractivity contribution in [3.8, 4) is 0 Å². The van der Waals surface area contributed by atoms with Gasteiger partial charge in [0.1, 0.15) is 5.82 Å². The van der Waals surface area contributed by atoms with Crippen molar-refractivity contribution < 1.29 is 13.2 Å². The molecule has 0 bridgehead atoms. The minimum absolute atomic E-state index is 0.0992. The molecule has 1 aliphatic rings. The van der Waals surface area contributed by atoms with Crippen LogP contribution in [0.4, 0.5) is 19.0 Å². The Morgan fingerprint density at radius 2 is 1.94 bits per heavy atom. The number of nitrogens with zero attached hydrogens (tertiary/aromatic N) is 1. The van der Waals surface area contributed by atoms with Crippen LogP contribution in [-0.2, 0) is 6.18 Å². The molecule has 2 rings (SSSR count). The summed E-state index contributed by atoms with van der Waals surface area (Å²) in [6.45, 7) is 3.88. The maximum Gasteiger partial charge on any atom is 0.417 e. The second-order valence-electron chi connectivity index (χ2n) is 4.87. The van der Waals surface area contributed by atoms with Crippen LogP contribution in [0, 0.1) is 0 Å². The Bertz CT molecular complexity index is 394. The van der Waals surface area contributed by atoms with Crippen LogP contribution < -0.4 is 10.6 Å². The van der Waals surface area contributed by atoms with E-state index in [0.717, 1.165) is 38.2 Å². The second-order valence-corrected chi connectivity index (χ2v) is 4.87. The first-order valence-corrected chi connectivity index (χ1v) is 5.91. The van der Waals surface area contributed by atoms with Gasteiger partial charge in [-0.25, -0.2) is 4.98 Å². The summed E-state index contributed by atoms with van der Waals surface area (Å²) in [7, 11) is 0. The molecule has 1 aromatic rings. The van der Waals surface area contributed by atoms with Crippen molar-refractivity contribution in [1.82, 2.24) is 10.3 Å². The molecule has 0 saturated carbocycles. The Labute approximate surface area is 104 Å². The fraction of sp³-hybridized carbons (Fsp3) is 0.583. The number of piperidine rings is 1. The zero-order chi connectivity index (χ0) is 13.2. The van der Waals surface area contributed by atoms with Crippen LogP contribution >= 0.6 is 0 Å². The lowest BCUT2D eigenvalue weighted by atomic mass is 9.90. The molecule has 0 aliphatic carbocycles. The van der Waals surface area contributed by atoms with E-state index in [-0.39, 0.29) is 5.54 Å². The van der Waals surface area contributed by atoms with E-state index in [1.165, 1.54) is 6.07 Å². The summed E-state index contributed by atoms with van der Waals surface area (Å²) in [6.07, 6.45) is -1.61. The minimum atomic E-state index is -4.33. The summed E-state index contributed by atoms with van der Waals surface area (Å²) < 4.78 is 37.2. The van der Waals surface area contributed by atoms with E-state index in [0.29, 0.717) is 5.82 Å². The highest BCUT2D eigenvalue weighted by atomic mass is 19.4. The molecule has 100 valence electrons. The molecule has 3 nitrogen and oxygen atoms in total. The third kappa shape index (κ3) is 3.13. The van der Waals surface area contributed by atoms with Gasteiger partial charge in [0.05, 0.1) is 5.56 Å². The molecule has 1 fully saturated rings. The van der Waals surface area contributed by atoms with Gasteiger partial charge in [0, 0.05) is 11.7 Å². The van der Waals surface area contributed by atoms with Crippen LogP contribution in [0.1, 0.15) is 25.3 Å². The number of halogens is 3. The molecule has 1 aliphatic heterocycles. The molecular formula is C12H16F3N3. The van der Waals surface area contributed by atoms with E-state index in [9.17, 15) is 13.2 Å². The lowest BCUT2D eigenvalue weighted by Gasteiger charge is -2.35. The van der Waals surface area contributed by atoms with Crippen molar-refractivity contribution in [3.05, 3.63) is 23.9 Å². The van der Waals surface area contributed by atoms with E-state index in [4.69, 9.17) is 0 Å². The second kappa shape index (κ2) is 4.76. The fourth-order valence-corrected chi connectivity index (χ4v) is 2.05. The molecular weight excluding hydrogens is 243 g/mol. The Morgan fingerprint density at radius 3 is 2.44 bits per heavy atom. The molecule has 6 heteroatoms. The standard InChI is InChI=1S/C12H16F3N3/c1-11(4-6-16-7-5-11)18-10-3-2-9(8-17-10)12(13,14)15/h2-3,8,16H,4-7H2,1H3,(H,17,18). The largest absolute Gasteiger partial charge is 0.417 e. The van der Waals surface area contributed by atoms with Crippen LogP contribution in [0.3, 0.4) is 0 Å². The van der Waals surface area contributed by atoms with Crippen LogP contribution in [0.2, 0.25) is 0 Å². The average molecular weight is 259 g/mol. The lowest BCUT2D eigenvalue weighted by molar-refractivity contribution is -0.137. The Hall–Kier alpha value is -1.30. The fourth-order valence-electron chi connectivity index (χ4n) is 2.05. The summed E-state index contributed by atoms with van der Waals surface area (Å²) in [5, 5.41) is 6.46. The van der Waals surface area contributed by atoms with E-state index in [2.05, 4.69) is 22.5 Å². The van der Waals surface area contributed by atoms with Gasteiger partial charge in [0.25, 0.3) is 0 Å². The lowest BCUT2D eigenvalue weighted by Crippen LogP contribution is -2.45. The van der Waals surface area contributed by atoms with E-state index < -0.39 is 11.7 Å². The van der Waals surface area contributed by atoms with Crippen molar-refractivity contribution in [3.63, 3.8) is 0 Å². The van der Waals surface area contributed by atoms with Crippen LogP contribution in [0.5, 0.6) is 0 Å². The van der Waals surface area contributed by atoms with Crippen molar-refractivity contribution in [2.24, 2.45) is 0 Å². The van der Waals surface area contributed by atoms with Crippen molar-refractivity contribution in [2.75, 3.05) is 18.4 Å². The Balaban J connectivity index is 2.06. The summed E-state index contributed by atoms with van der Waals surface area (Å²) in [6, 6.07) is 2.44. The zero-order valence-electron chi connectivity index (χ0n) is 10.1. The highest BCUT2D eigenvalue weighted by Crippen LogP contribution is 2.29. The van der Waals surface area contributed by atoms with Gasteiger partial charge in [-0.1, -0.05) is 0 Å². The maximum atomic E-state index is 12.4. The van der Waals surface area contributed by atoms with Gasteiger partial charge in [0.2, 0.25) is 0 Å². The first kappa shape index (κ1) is 13.1. The molecule has 1 aromatic heterocycles. The highest BCUT2D eigenvalue weighted by Gasteiger charge is 2.31. The summed E-state index contributed by atoms with van der Waals surface area (Å²) in [5.74, 6) is 0.493. The molecule has 2 N–H and O–H groups in total. The third-order valence-corrected chi connectivity index (χ3v) is 3.23. The van der Waals surface area contributed by atoms with Crippen LogP contribution in [0.25, 0.3) is 0 Å². The van der Waals surface area contributed by atoms with Gasteiger partial charge < -0.3 is 10.6 Å². The summed E-state index contributed by atoms with van der Waals surface area (Å²) >= 11 is 0. The van der Waals surface area contributed by atoms with Gasteiger partial charge >= 0.3 is 6.18 Å². The van der Waals surface area contributed by atoms with E-state index in [1.807, 2.05) is 0 Å². The number of hydrogen-bond donors (Lipinski definition) is 2. The smallest absolute Gasteiger partial charge is 0.365 e. The molecule has 0 radical (unpaired) electrons. The third-order valence-electron chi connectivity index (χ3n) is 3.23. The van der Waals surface area contributed by atoms with Crippen molar-refractivity contribution in [2.45, 2.75) is 31.5 Å². The Kier molecular flexibility index (Phi) is 3.47. The summed E-state index contributed by atoms with van der Waals surface area (Å²) in [4.78, 5) is 3.83. The Morgan fingerprint density at radius 1 is 1.28 bits per heavy atom. The SMILES string of the molecule is CC1(Nc2ccc(C(F)(F)F)cn2)CCNCC1. The predicted molar refractivity (Wildman–Crippen MR) is 63.4 cm³/mol. The van der Waals surface area contributed by atoms with Gasteiger partial charge in [0.15, 0.2) is 0 Å². The number of alkyl halides is 3. The number of rotatable bonds is 2. The van der Waals surface area contributed by atoms with Crippen LogP contribution in [0.15, 0.2) is 18.3 Å². The molecule has 0 unspecified atom stereocenters. The number of anilines is 1. The predicted octanol–water partition coefficient (Wildman–Crippen LogP) is 2.65. The number of nitrogens with one attached hydrogen (secondary N) is 2. The number of aromatic nitrogens is 1. The van der Waals surface area contributed by atoms with Gasteiger partial charge in [-0.05, 0) is 45.0 Å². The molecule has 0 amide bonds. The van der Waals surface area contributed by atoms with E-state index >= 15 is 0 Å². The molecule has 1 saturated heterocycles. The average Bonchev–Trinajstić information content (AvgIpc) is 2.29. The van der Waals surface area contributed by atoms with Gasteiger partial charge in [-0.3, -0.25) is 0 Å². The van der Waals surface area contributed by atoms with Crippen LogP contribution in [-0.4, -0.2) is 23.6 Å². The maximum absolute atomic E-state index is 12.4. The topological polar surface area (TPSA) is 37.0 Å². The molecule has 0 atom stereocenters. The first-order valence-electron chi connectivity index (χ1n) is 5.91. The number of pyridine rings is 1. The zero-order valence-corrected chi connectivity index (χ0v) is 10.1. The molecule has 0 spiro atoms. The van der Waals surface area contributed by atoms with Gasteiger partial charge in [-0.2, -0.15) is 13.2 Å². The first-order chi connectivity index (χ1) is 8.39. The van der Waals surface area contributed by atoms with Crippen molar-refractivity contribution >= 4 is 5.82 Å². The summed E-state index contributed by atoms with van der Waals surface area (Å²) in [5.41, 5.74) is -0.818. The molecule has 2 heterocycles. The van der Waals surface area contributed by atoms with Gasteiger partial charge in [-0.15, -0.1) is 0 Å². The normalized spacial score (nSPS) is 19.6. The molecule has 0 aromatic carbocycles. The van der Waals surface area contributed by atoms with E-state index in [1.54, 1.807) is 0 Å². The highest BCUT2D eigenvalue weighted by molar-refractivity contribution is 5.39.